The monoisotopic (exact) mass is 323 g/mol. The molecule has 2 rings (SSSR count). The topological polar surface area (TPSA) is 29.5 Å². The third kappa shape index (κ3) is 5.67. The summed E-state index contributed by atoms with van der Waals surface area (Å²) in [5, 5.41) is 0. The van der Waals surface area contributed by atoms with Crippen molar-refractivity contribution in [1.82, 2.24) is 4.90 Å². The van der Waals surface area contributed by atoms with Gasteiger partial charge in [0.2, 0.25) is 0 Å². The second-order valence-electron chi connectivity index (χ2n) is 5.78. The molecule has 0 saturated heterocycles. The van der Waals surface area contributed by atoms with E-state index < -0.39 is 0 Å². The molecule has 0 spiro atoms. The highest BCUT2D eigenvalue weighted by Gasteiger charge is 2.19. The number of hydrogen-bond acceptors (Lipinski definition) is 3. The van der Waals surface area contributed by atoms with Gasteiger partial charge in [0.05, 0.1) is 6.54 Å². The van der Waals surface area contributed by atoms with Crippen molar-refractivity contribution in [1.29, 1.82) is 0 Å². The van der Waals surface area contributed by atoms with Crippen molar-refractivity contribution in [2.45, 2.75) is 26.0 Å². The maximum Gasteiger partial charge on any atom is 0.320 e. The lowest BCUT2D eigenvalue weighted by atomic mass is 10.1. The minimum absolute atomic E-state index is 0.149. The number of hydrogen-bond donors (Lipinski definition) is 0. The maximum atomic E-state index is 12.2. The molecule has 3 nitrogen and oxygen atoms in total. The van der Waals surface area contributed by atoms with Crippen LogP contribution in [0.25, 0.3) is 0 Å². The van der Waals surface area contributed by atoms with Crippen LogP contribution >= 0.6 is 0 Å². The molecule has 0 N–H and O–H groups in total. The highest BCUT2D eigenvalue weighted by molar-refractivity contribution is 5.71. The first kappa shape index (κ1) is 18.0. The van der Waals surface area contributed by atoms with Crippen molar-refractivity contribution in [3.05, 3.63) is 84.4 Å². The minimum atomic E-state index is -0.203. The van der Waals surface area contributed by atoms with Crippen LogP contribution in [0.3, 0.4) is 0 Å². The third-order valence-corrected chi connectivity index (χ3v) is 4.02. The fraction of sp³-hybridized carbons (Fsp3) is 0.286. The molecule has 24 heavy (non-hydrogen) atoms. The Kier molecular flexibility index (Phi) is 7.24. The molecule has 0 aromatic heterocycles. The van der Waals surface area contributed by atoms with Crippen LogP contribution in [0.4, 0.5) is 0 Å². The maximum absolute atomic E-state index is 12.2. The number of ether oxygens (including phenoxy) is 1. The van der Waals surface area contributed by atoms with Gasteiger partial charge in [0.25, 0.3) is 0 Å². The molecule has 2 aromatic rings. The Morgan fingerprint density at radius 3 is 2.38 bits per heavy atom. The summed E-state index contributed by atoms with van der Waals surface area (Å²) in [6, 6.07) is 20.1. The zero-order chi connectivity index (χ0) is 17.2. The van der Waals surface area contributed by atoms with E-state index in [4.69, 9.17) is 4.74 Å². The fourth-order valence-corrected chi connectivity index (χ4v) is 2.56. The molecule has 0 aliphatic heterocycles. The summed E-state index contributed by atoms with van der Waals surface area (Å²) in [6.07, 6.45) is 2.71. The second-order valence-corrected chi connectivity index (χ2v) is 5.78. The van der Waals surface area contributed by atoms with Crippen molar-refractivity contribution in [3.8, 4) is 0 Å². The molecular weight excluding hydrogens is 298 g/mol. The molecule has 0 fully saturated rings. The molecule has 0 heterocycles. The van der Waals surface area contributed by atoms with Gasteiger partial charge in [0, 0.05) is 12.6 Å². The Balaban J connectivity index is 1.94. The van der Waals surface area contributed by atoms with Crippen LogP contribution in [0.15, 0.2) is 73.3 Å². The largest absolute Gasteiger partial charge is 0.460 e. The Bertz CT molecular complexity index is 625. The molecule has 126 valence electrons. The Morgan fingerprint density at radius 1 is 1.12 bits per heavy atom. The number of nitrogens with zero attached hydrogens (tertiary/aromatic N) is 1. The van der Waals surface area contributed by atoms with E-state index in [0.29, 0.717) is 6.61 Å². The van der Waals surface area contributed by atoms with Crippen molar-refractivity contribution in [2.24, 2.45) is 0 Å². The number of carbonyl (C=O) groups excluding carboxylic acids is 1. The van der Waals surface area contributed by atoms with Gasteiger partial charge < -0.3 is 4.74 Å². The number of esters is 1. The zero-order valence-corrected chi connectivity index (χ0v) is 14.2. The molecule has 0 radical (unpaired) electrons. The first-order valence-corrected chi connectivity index (χ1v) is 8.30. The molecule has 1 unspecified atom stereocenters. The predicted octanol–water partition coefficient (Wildman–Crippen LogP) is 4.37. The summed E-state index contributed by atoms with van der Waals surface area (Å²) in [4.78, 5) is 14.4. The van der Waals surface area contributed by atoms with Crippen molar-refractivity contribution in [3.63, 3.8) is 0 Å². The van der Waals surface area contributed by atoms with Crippen molar-refractivity contribution >= 4 is 5.97 Å². The van der Waals surface area contributed by atoms with E-state index in [9.17, 15) is 4.79 Å². The van der Waals surface area contributed by atoms with Crippen molar-refractivity contribution in [2.75, 3.05) is 13.1 Å². The van der Waals surface area contributed by atoms with Gasteiger partial charge in [-0.25, -0.2) is 0 Å². The molecule has 3 heteroatoms. The van der Waals surface area contributed by atoms with Crippen LogP contribution in [0, 0.1) is 0 Å². The fourth-order valence-electron chi connectivity index (χ4n) is 2.56. The van der Waals surface area contributed by atoms with Crippen molar-refractivity contribution < 1.29 is 9.53 Å². The number of carbonyl (C=O) groups is 1. The Labute approximate surface area is 144 Å². The molecule has 0 aliphatic carbocycles. The van der Waals surface area contributed by atoms with Crippen LogP contribution in [-0.2, 0) is 16.1 Å². The Hall–Kier alpha value is -2.39. The summed E-state index contributed by atoms with van der Waals surface area (Å²) in [5.41, 5.74) is 2.19. The van der Waals surface area contributed by atoms with Gasteiger partial charge >= 0.3 is 5.97 Å². The van der Waals surface area contributed by atoms with Gasteiger partial charge in [-0.2, -0.15) is 0 Å². The number of rotatable bonds is 9. The van der Waals surface area contributed by atoms with Gasteiger partial charge in [-0.05, 0) is 24.5 Å². The summed E-state index contributed by atoms with van der Waals surface area (Å²) in [6.45, 7) is 7.26. The van der Waals surface area contributed by atoms with Gasteiger partial charge in [-0.3, -0.25) is 9.69 Å². The van der Waals surface area contributed by atoms with Crippen LogP contribution < -0.4 is 0 Å². The number of benzene rings is 2. The van der Waals surface area contributed by atoms with E-state index in [1.807, 2.05) is 54.6 Å². The van der Waals surface area contributed by atoms with Crippen LogP contribution in [0.5, 0.6) is 0 Å². The van der Waals surface area contributed by atoms with Crippen LogP contribution in [-0.4, -0.2) is 24.0 Å². The quantitative estimate of drug-likeness (QED) is 0.507. The van der Waals surface area contributed by atoms with E-state index in [2.05, 4.69) is 30.5 Å². The van der Waals surface area contributed by atoms with E-state index in [0.717, 1.165) is 18.5 Å². The normalized spacial score (nSPS) is 11.9. The molecule has 0 aliphatic rings. The predicted molar refractivity (Wildman–Crippen MR) is 97.5 cm³/mol. The smallest absolute Gasteiger partial charge is 0.320 e. The standard InChI is InChI=1S/C21H25NO2/c1-3-4-15-22(18(2)20-13-9-6-10-14-20)16-21(23)24-17-19-11-7-5-8-12-19/h3,5-14,18H,1,4,15-17H2,2H3. The molecule has 1 atom stereocenters. The molecule has 0 amide bonds. The highest BCUT2D eigenvalue weighted by atomic mass is 16.5. The average Bonchev–Trinajstić information content (AvgIpc) is 2.64. The van der Waals surface area contributed by atoms with E-state index >= 15 is 0 Å². The molecular formula is C21H25NO2. The second kappa shape index (κ2) is 9.68. The lowest BCUT2D eigenvalue weighted by Crippen LogP contribution is -2.34. The zero-order valence-electron chi connectivity index (χ0n) is 14.2. The molecule has 0 bridgehead atoms. The molecule has 0 saturated carbocycles. The summed E-state index contributed by atoms with van der Waals surface area (Å²) in [7, 11) is 0. The van der Waals surface area contributed by atoms with Gasteiger partial charge in [0.1, 0.15) is 6.61 Å². The van der Waals surface area contributed by atoms with Crippen LogP contribution in [0.2, 0.25) is 0 Å². The van der Waals surface area contributed by atoms with E-state index in [-0.39, 0.29) is 18.6 Å². The summed E-state index contributed by atoms with van der Waals surface area (Å²) < 4.78 is 5.42. The third-order valence-electron chi connectivity index (χ3n) is 4.02. The highest BCUT2D eigenvalue weighted by Crippen LogP contribution is 2.20. The van der Waals surface area contributed by atoms with E-state index in [1.165, 1.54) is 5.56 Å². The van der Waals surface area contributed by atoms with Gasteiger partial charge in [-0.1, -0.05) is 66.7 Å². The first-order valence-electron chi connectivity index (χ1n) is 8.30. The van der Waals surface area contributed by atoms with E-state index in [1.54, 1.807) is 0 Å². The average molecular weight is 323 g/mol. The lowest BCUT2D eigenvalue weighted by Gasteiger charge is -2.28. The summed E-state index contributed by atoms with van der Waals surface area (Å²) in [5.74, 6) is -0.203. The minimum Gasteiger partial charge on any atom is -0.460 e. The summed E-state index contributed by atoms with van der Waals surface area (Å²) >= 11 is 0. The lowest BCUT2D eigenvalue weighted by molar-refractivity contribution is -0.146. The van der Waals surface area contributed by atoms with Gasteiger partial charge in [-0.15, -0.1) is 6.58 Å². The first-order chi connectivity index (χ1) is 11.7. The molecule has 2 aromatic carbocycles. The van der Waals surface area contributed by atoms with Gasteiger partial charge in [0.15, 0.2) is 0 Å². The van der Waals surface area contributed by atoms with Crippen LogP contribution in [0.1, 0.15) is 30.5 Å². The SMILES string of the molecule is C=CCCN(CC(=O)OCc1ccccc1)C(C)c1ccccc1. The Morgan fingerprint density at radius 2 is 1.75 bits per heavy atom.